The number of hydrogen-bond donors (Lipinski definition) is 1. The van der Waals surface area contributed by atoms with Crippen molar-refractivity contribution in [1.29, 1.82) is 0 Å². The fourth-order valence-corrected chi connectivity index (χ4v) is 2.05. The molecular weight excluding hydrogens is 316 g/mol. The third-order valence-electron chi connectivity index (χ3n) is 2.24. The van der Waals surface area contributed by atoms with E-state index >= 15 is 0 Å². The third-order valence-corrected chi connectivity index (χ3v) is 2.91. The summed E-state index contributed by atoms with van der Waals surface area (Å²) in [5, 5.41) is 3.35. The summed E-state index contributed by atoms with van der Waals surface area (Å²) in [6.07, 6.45) is 0.273. The van der Waals surface area contributed by atoms with E-state index in [1.54, 1.807) is 24.3 Å². The number of benzene rings is 1. The minimum Gasteiger partial charge on any atom is -0.310 e. The van der Waals surface area contributed by atoms with E-state index in [0.29, 0.717) is 15.4 Å². The third kappa shape index (κ3) is 3.82. The highest BCUT2D eigenvalue weighted by Crippen LogP contribution is 2.13. The molecule has 5 heteroatoms. The van der Waals surface area contributed by atoms with Gasteiger partial charge >= 0.3 is 0 Å². The van der Waals surface area contributed by atoms with E-state index in [4.69, 9.17) is 11.6 Å². The van der Waals surface area contributed by atoms with Gasteiger partial charge < -0.3 is 5.32 Å². The summed E-state index contributed by atoms with van der Waals surface area (Å²) in [6, 6.07) is 12.6. The topological polar surface area (TPSA) is 42.0 Å². The average molecular weight is 326 g/mol. The van der Waals surface area contributed by atoms with Crippen molar-refractivity contribution in [2.45, 2.75) is 6.42 Å². The van der Waals surface area contributed by atoms with Crippen molar-refractivity contribution in [3.63, 3.8) is 0 Å². The van der Waals surface area contributed by atoms with E-state index in [2.05, 4.69) is 26.2 Å². The van der Waals surface area contributed by atoms with Gasteiger partial charge in [0.1, 0.15) is 10.4 Å². The number of carbonyl (C=O) groups is 1. The van der Waals surface area contributed by atoms with Crippen LogP contribution in [-0.2, 0) is 11.2 Å². The molecule has 1 N–H and O–H groups in total. The Hall–Kier alpha value is -1.39. The molecule has 0 saturated heterocycles. The summed E-state index contributed by atoms with van der Waals surface area (Å²) >= 11 is 9.11. The minimum atomic E-state index is -0.122. The van der Waals surface area contributed by atoms with Gasteiger partial charge in [0.15, 0.2) is 0 Å². The molecule has 0 bridgehead atoms. The fourth-order valence-electron chi connectivity index (χ4n) is 1.50. The quantitative estimate of drug-likeness (QED) is 0.875. The van der Waals surface area contributed by atoms with Gasteiger partial charge in [0.2, 0.25) is 5.91 Å². The Morgan fingerprint density at radius 3 is 2.78 bits per heavy atom. The van der Waals surface area contributed by atoms with Crippen LogP contribution in [0.3, 0.4) is 0 Å². The van der Waals surface area contributed by atoms with E-state index in [1.807, 2.05) is 18.2 Å². The van der Waals surface area contributed by atoms with Gasteiger partial charge in [-0.3, -0.25) is 4.79 Å². The van der Waals surface area contributed by atoms with E-state index in [9.17, 15) is 4.79 Å². The summed E-state index contributed by atoms with van der Waals surface area (Å²) < 4.78 is 0.683. The van der Waals surface area contributed by atoms with Crippen molar-refractivity contribution in [3.8, 4) is 0 Å². The van der Waals surface area contributed by atoms with Gasteiger partial charge in [-0.25, -0.2) is 4.98 Å². The number of anilines is 1. The summed E-state index contributed by atoms with van der Waals surface area (Å²) in [4.78, 5) is 15.9. The average Bonchev–Trinajstić information content (AvgIpc) is 2.28. The predicted octanol–water partition coefficient (Wildman–Crippen LogP) is 3.68. The molecule has 18 heavy (non-hydrogen) atoms. The zero-order valence-corrected chi connectivity index (χ0v) is 11.7. The number of carbonyl (C=O) groups excluding carboxylic acids is 1. The summed E-state index contributed by atoms with van der Waals surface area (Å²) in [7, 11) is 0. The Morgan fingerprint density at radius 1 is 1.28 bits per heavy atom. The molecule has 1 heterocycles. The van der Waals surface area contributed by atoms with Crippen molar-refractivity contribution in [2.75, 3.05) is 5.32 Å². The second-order valence-corrected chi connectivity index (χ2v) is 4.95. The van der Waals surface area contributed by atoms with Gasteiger partial charge in [0, 0.05) is 5.02 Å². The molecule has 0 saturated carbocycles. The zero-order chi connectivity index (χ0) is 13.0. The summed E-state index contributed by atoms with van der Waals surface area (Å²) in [6.45, 7) is 0. The normalized spacial score (nSPS) is 10.1. The van der Waals surface area contributed by atoms with Crippen LogP contribution in [0.4, 0.5) is 5.82 Å². The molecule has 1 amide bonds. The molecule has 0 spiro atoms. The van der Waals surface area contributed by atoms with Gasteiger partial charge in [-0.1, -0.05) is 29.8 Å². The van der Waals surface area contributed by atoms with Gasteiger partial charge in [-0.05, 0) is 45.8 Å². The lowest BCUT2D eigenvalue weighted by Gasteiger charge is -2.05. The molecule has 0 aliphatic carbocycles. The molecule has 1 aromatic heterocycles. The first-order valence-corrected chi connectivity index (χ1v) is 6.47. The van der Waals surface area contributed by atoms with E-state index in [1.165, 1.54) is 0 Å². The maximum absolute atomic E-state index is 11.8. The van der Waals surface area contributed by atoms with Crippen molar-refractivity contribution in [2.24, 2.45) is 0 Å². The lowest BCUT2D eigenvalue weighted by molar-refractivity contribution is -0.115. The molecule has 3 nitrogen and oxygen atoms in total. The lowest BCUT2D eigenvalue weighted by Crippen LogP contribution is -2.15. The van der Waals surface area contributed by atoms with Crippen LogP contribution in [0.2, 0.25) is 5.02 Å². The van der Waals surface area contributed by atoms with Crippen LogP contribution < -0.4 is 5.32 Å². The summed E-state index contributed by atoms with van der Waals surface area (Å²) in [5.41, 5.74) is 0.870. The molecule has 0 fully saturated rings. The lowest BCUT2D eigenvalue weighted by atomic mass is 10.1. The van der Waals surface area contributed by atoms with Crippen molar-refractivity contribution in [3.05, 3.63) is 57.7 Å². The molecular formula is C13H10BrClN2O. The molecule has 92 valence electrons. The van der Waals surface area contributed by atoms with Gasteiger partial charge in [0.05, 0.1) is 6.42 Å². The monoisotopic (exact) mass is 324 g/mol. The van der Waals surface area contributed by atoms with Crippen LogP contribution in [0, 0.1) is 0 Å². The standard InChI is InChI=1S/C13H10BrClN2O/c14-11-5-2-6-12(16-11)17-13(18)8-9-3-1-4-10(15)7-9/h1-7H,8H2,(H,16,17,18). The van der Waals surface area contributed by atoms with Crippen molar-refractivity contribution in [1.82, 2.24) is 4.98 Å². The highest BCUT2D eigenvalue weighted by Gasteiger charge is 2.05. The van der Waals surface area contributed by atoms with Gasteiger partial charge in [0.25, 0.3) is 0 Å². The molecule has 0 unspecified atom stereocenters. The number of amides is 1. The maximum atomic E-state index is 11.8. The largest absolute Gasteiger partial charge is 0.310 e. The van der Waals surface area contributed by atoms with E-state index in [-0.39, 0.29) is 12.3 Å². The second kappa shape index (κ2) is 5.98. The number of rotatable bonds is 3. The Balaban J connectivity index is 2.01. The van der Waals surface area contributed by atoms with Crippen LogP contribution in [0.15, 0.2) is 47.1 Å². The van der Waals surface area contributed by atoms with Crippen LogP contribution >= 0.6 is 27.5 Å². The van der Waals surface area contributed by atoms with Crippen LogP contribution in [0.1, 0.15) is 5.56 Å². The molecule has 2 aromatic rings. The molecule has 2 rings (SSSR count). The second-order valence-electron chi connectivity index (χ2n) is 3.70. The van der Waals surface area contributed by atoms with Crippen molar-refractivity contribution >= 4 is 39.3 Å². The Bertz CT molecular complexity index is 525. The zero-order valence-electron chi connectivity index (χ0n) is 9.36. The molecule has 0 aliphatic rings. The van der Waals surface area contributed by atoms with Crippen LogP contribution in [0.25, 0.3) is 0 Å². The molecule has 0 radical (unpaired) electrons. The first-order chi connectivity index (χ1) is 8.63. The first-order valence-electron chi connectivity index (χ1n) is 5.30. The van der Waals surface area contributed by atoms with E-state index in [0.717, 1.165) is 5.56 Å². The summed E-state index contributed by atoms with van der Waals surface area (Å²) in [5.74, 6) is 0.402. The highest BCUT2D eigenvalue weighted by molar-refractivity contribution is 9.10. The Labute approximate surface area is 118 Å². The number of nitrogens with one attached hydrogen (secondary N) is 1. The fraction of sp³-hybridized carbons (Fsp3) is 0.0769. The molecule has 0 aliphatic heterocycles. The number of nitrogens with zero attached hydrogens (tertiary/aromatic N) is 1. The number of halogens is 2. The Kier molecular flexibility index (Phi) is 4.33. The number of aromatic nitrogens is 1. The number of pyridine rings is 1. The van der Waals surface area contributed by atoms with Crippen molar-refractivity contribution < 1.29 is 4.79 Å². The van der Waals surface area contributed by atoms with Crippen LogP contribution in [-0.4, -0.2) is 10.9 Å². The Morgan fingerprint density at radius 2 is 2.06 bits per heavy atom. The molecule has 0 atom stereocenters. The van der Waals surface area contributed by atoms with E-state index < -0.39 is 0 Å². The van der Waals surface area contributed by atoms with Gasteiger partial charge in [-0.15, -0.1) is 0 Å². The predicted molar refractivity (Wildman–Crippen MR) is 75.7 cm³/mol. The SMILES string of the molecule is O=C(Cc1cccc(Cl)c1)Nc1cccc(Br)n1. The van der Waals surface area contributed by atoms with Crippen LogP contribution in [0.5, 0.6) is 0 Å². The van der Waals surface area contributed by atoms with Gasteiger partial charge in [-0.2, -0.15) is 0 Å². The first kappa shape index (κ1) is 13.1. The minimum absolute atomic E-state index is 0.122. The molecule has 1 aromatic carbocycles. The smallest absolute Gasteiger partial charge is 0.229 e. The maximum Gasteiger partial charge on any atom is 0.229 e. The highest BCUT2D eigenvalue weighted by atomic mass is 79.9. The number of hydrogen-bond acceptors (Lipinski definition) is 2.